The summed E-state index contributed by atoms with van der Waals surface area (Å²) in [6, 6.07) is 41.5. The quantitative estimate of drug-likeness (QED) is 0.0437. The first-order chi connectivity index (χ1) is 32.2. The molecule has 0 saturated heterocycles. The van der Waals surface area contributed by atoms with Gasteiger partial charge in [0.1, 0.15) is 50.7 Å². The molecule has 0 fully saturated rings. The molecule has 2 heterocycles. The molecule has 0 unspecified atom stereocenters. The van der Waals surface area contributed by atoms with Crippen LogP contribution in [0.15, 0.2) is 143 Å². The maximum Gasteiger partial charge on any atom is 0.334 e. The zero-order valence-electron chi connectivity index (χ0n) is 34.3. The number of fused-ring (bicyclic) bond motifs is 5. The van der Waals surface area contributed by atoms with E-state index in [2.05, 4.69) is 9.98 Å². The van der Waals surface area contributed by atoms with Crippen molar-refractivity contribution in [1.82, 2.24) is 0 Å². The normalized spacial score (nSPS) is 13.4. The fourth-order valence-electron chi connectivity index (χ4n) is 7.54. The molecule has 14 nitrogen and oxygen atoms in total. The third-order valence-corrected chi connectivity index (χ3v) is 13.0. The number of nitriles is 4. The Bertz CT molecular complexity index is 2860. The molecule has 0 atom stereocenters. The van der Waals surface area contributed by atoms with Gasteiger partial charge in [0.25, 0.3) is 0 Å². The molecular weight excluding hydrogens is 877 g/mol. The van der Waals surface area contributed by atoms with Crippen molar-refractivity contribution in [3.05, 3.63) is 176 Å². The maximum atomic E-state index is 15.0. The van der Waals surface area contributed by atoms with Crippen molar-refractivity contribution >= 4 is 79.5 Å². The van der Waals surface area contributed by atoms with Crippen LogP contribution in [-0.4, -0.2) is 35.3 Å². The lowest BCUT2D eigenvalue weighted by molar-refractivity contribution is -0.166. The van der Waals surface area contributed by atoms with Gasteiger partial charge in [-0.2, -0.15) is 21.0 Å². The first-order valence-electron chi connectivity index (χ1n) is 19.9. The lowest BCUT2D eigenvalue weighted by Gasteiger charge is -2.28. The van der Waals surface area contributed by atoms with Crippen molar-refractivity contribution in [2.24, 2.45) is 9.98 Å². The van der Waals surface area contributed by atoms with Crippen molar-refractivity contribution in [3.8, 4) is 24.3 Å². The molecule has 0 saturated carbocycles. The Morgan fingerprint density at radius 2 is 0.697 bits per heavy atom. The third kappa shape index (κ3) is 7.91. The van der Waals surface area contributed by atoms with Crippen LogP contribution in [0.2, 0.25) is 0 Å². The van der Waals surface area contributed by atoms with Crippen LogP contribution in [0.5, 0.6) is 0 Å². The highest BCUT2D eigenvalue weighted by atomic mass is 32.1. The van der Waals surface area contributed by atoms with Crippen LogP contribution >= 0.6 is 22.7 Å². The second-order valence-corrected chi connectivity index (χ2v) is 16.6. The molecule has 16 heteroatoms. The maximum absolute atomic E-state index is 15.0. The minimum atomic E-state index is -2.57. The van der Waals surface area contributed by atoms with Crippen LogP contribution in [-0.2, 0) is 75.4 Å². The fourth-order valence-corrected chi connectivity index (χ4v) is 10.5. The summed E-state index contributed by atoms with van der Waals surface area (Å²) in [5, 5.41) is 39.5. The van der Waals surface area contributed by atoms with Gasteiger partial charge < -0.3 is 18.9 Å². The second-order valence-electron chi connectivity index (χ2n) is 14.5. The summed E-state index contributed by atoms with van der Waals surface area (Å²) in [4.78, 5) is 69.1. The van der Waals surface area contributed by atoms with Gasteiger partial charge in [0.2, 0.25) is 22.3 Å². The Hall–Kier alpha value is -8.80. The van der Waals surface area contributed by atoms with Crippen molar-refractivity contribution < 1.29 is 38.1 Å². The number of esters is 4. The lowest BCUT2D eigenvalue weighted by atomic mass is 9.79. The van der Waals surface area contributed by atoms with Gasteiger partial charge in [-0.05, 0) is 34.4 Å². The van der Waals surface area contributed by atoms with E-state index in [0.29, 0.717) is 22.3 Å². The summed E-state index contributed by atoms with van der Waals surface area (Å²) in [6.07, 6.45) is 2.71. The fraction of sp³-hybridized carbons (Fsp3) is 0.120. The van der Waals surface area contributed by atoms with Crippen LogP contribution in [0.3, 0.4) is 0 Å². The average molecular weight is 907 g/mol. The van der Waals surface area contributed by atoms with Crippen LogP contribution < -0.4 is 0 Å². The van der Waals surface area contributed by atoms with E-state index in [9.17, 15) is 21.0 Å². The van der Waals surface area contributed by atoms with E-state index < -0.39 is 46.1 Å². The van der Waals surface area contributed by atoms with Crippen LogP contribution in [0.4, 0.5) is 0 Å². The number of nitrogens with zero attached hydrogens (tertiary/aromatic N) is 6. The van der Waals surface area contributed by atoms with Crippen LogP contribution in [0, 0.1) is 45.3 Å². The van der Waals surface area contributed by atoms with E-state index in [1.54, 1.807) is 146 Å². The minimum absolute atomic E-state index is 0.00407. The van der Waals surface area contributed by atoms with E-state index in [-0.39, 0.29) is 68.1 Å². The van der Waals surface area contributed by atoms with Crippen molar-refractivity contribution in [3.63, 3.8) is 0 Å². The lowest BCUT2D eigenvalue weighted by Crippen LogP contribution is -2.46. The number of carbonyl (C=O) groups excluding carboxylic acids is 4. The van der Waals surface area contributed by atoms with E-state index in [4.69, 9.17) is 18.9 Å². The summed E-state index contributed by atoms with van der Waals surface area (Å²) in [7, 11) is 0. The third-order valence-electron chi connectivity index (χ3n) is 10.6. The monoisotopic (exact) mass is 906 g/mol. The van der Waals surface area contributed by atoms with Gasteiger partial charge in [0.15, 0.2) is 0 Å². The predicted molar refractivity (Wildman–Crippen MR) is 241 cm³/mol. The average Bonchev–Trinajstić information content (AvgIpc) is 4.07. The number of hydrogen-bond acceptors (Lipinski definition) is 16. The zero-order valence-corrected chi connectivity index (χ0v) is 35.9. The Balaban J connectivity index is 1.37. The summed E-state index contributed by atoms with van der Waals surface area (Å²) in [5.74, 6) is -4.59. The number of carbonyl (C=O) groups is 4. The molecule has 8 rings (SSSR count). The first-order valence-corrected chi connectivity index (χ1v) is 21.5. The summed E-state index contributed by atoms with van der Waals surface area (Å²) in [5.41, 5.74) is -4.85. The number of ether oxygens (including phenoxy) is 4. The molecule has 66 heavy (non-hydrogen) atoms. The van der Waals surface area contributed by atoms with Gasteiger partial charge in [-0.1, -0.05) is 121 Å². The highest BCUT2D eigenvalue weighted by molar-refractivity contribution is 7.29. The van der Waals surface area contributed by atoms with E-state index >= 15 is 19.2 Å². The van der Waals surface area contributed by atoms with Gasteiger partial charge >= 0.3 is 23.9 Å². The van der Waals surface area contributed by atoms with Gasteiger partial charge in [-0.3, -0.25) is 19.2 Å². The summed E-state index contributed by atoms with van der Waals surface area (Å²) >= 11 is 1.93. The van der Waals surface area contributed by atoms with Gasteiger partial charge in [0.05, 0.1) is 20.8 Å². The number of rotatable bonds is 14. The number of hydrogen-bond donors (Lipinski definition) is 0. The Kier molecular flexibility index (Phi) is 12.5. The topological polar surface area (TPSA) is 225 Å². The first kappa shape index (κ1) is 43.8. The van der Waals surface area contributed by atoms with E-state index in [1.165, 1.54) is 12.2 Å². The molecule has 2 aliphatic carbocycles. The molecule has 0 amide bonds. The molecule has 4 aromatic carbocycles. The van der Waals surface area contributed by atoms with Gasteiger partial charge in [-0.15, -0.1) is 22.7 Å². The Morgan fingerprint density at radius 3 is 0.939 bits per heavy atom. The largest absolute Gasteiger partial charge is 0.459 e. The number of aliphatic imine (C=N–C) groups is 2. The van der Waals surface area contributed by atoms with Crippen LogP contribution in [0.1, 0.15) is 43.1 Å². The molecule has 2 aliphatic rings. The van der Waals surface area contributed by atoms with E-state index in [0.717, 1.165) is 22.7 Å². The molecule has 2 aromatic heterocycles. The second kappa shape index (κ2) is 18.9. The summed E-state index contributed by atoms with van der Waals surface area (Å²) in [6.45, 7) is -1.20. The molecule has 0 N–H and O–H groups in total. The zero-order chi connectivity index (χ0) is 46.3. The SMILES string of the molecule is N#CC(C#N)=NC1=Cc2sc3c4c(sc3c2C1(C(=O)OCc1ccccc1)C(=O)OCc1ccccc1)C=C(N=C(C#N)C#N)C4(C(=O)OCc1ccccc1)C(=O)OCc1ccccc1. The standard InChI is InChI=1S/C50H30N6O8S2/c51-23-35(24-52)55-39-21-37-41(49(39,45(57)61-27-31-13-5-1-6-14-31)46(58)62-28-32-15-7-2-8-16-32)43-44(65-37)42-38(66-43)22-40(56-36(25-53)26-54)50(42,47(59)63-29-33-17-9-3-10-18-33)48(60)64-30-34-19-11-4-12-20-34/h1-22H,27-30H2. The Morgan fingerprint density at radius 1 is 0.439 bits per heavy atom. The van der Waals surface area contributed by atoms with Crippen LogP contribution in [0.25, 0.3) is 21.6 Å². The minimum Gasteiger partial charge on any atom is -0.459 e. The smallest absolute Gasteiger partial charge is 0.334 e. The predicted octanol–water partition coefficient (Wildman–Crippen LogP) is 8.10. The highest BCUT2D eigenvalue weighted by Gasteiger charge is 2.63. The molecule has 0 bridgehead atoms. The van der Waals surface area contributed by atoms with Gasteiger partial charge in [0, 0.05) is 20.9 Å². The molecule has 0 aliphatic heterocycles. The van der Waals surface area contributed by atoms with Crippen molar-refractivity contribution in [2.75, 3.05) is 0 Å². The summed E-state index contributed by atoms with van der Waals surface area (Å²) < 4.78 is 24.1. The molecule has 0 spiro atoms. The van der Waals surface area contributed by atoms with E-state index in [1.807, 2.05) is 0 Å². The molecular formula is C50H30N6O8S2. The molecule has 0 radical (unpaired) electrons. The number of thiophene rings is 2. The van der Waals surface area contributed by atoms with Crippen molar-refractivity contribution in [1.29, 1.82) is 21.0 Å². The van der Waals surface area contributed by atoms with Crippen molar-refractivity contribution in [2.45, 2.75) is 37.3 Å². The molecule has 6 aromatic rings. The highest BCUT2D eigenvalue weighted by Crippen LogP contribution is 2.60. The number of benzene rings is 4. The molecule has 320 valence electrons. The van der Waals surface area contributed by atoms with Gasteiger partial charge in [-0.25, -0.2) is 9.98 Å². The Labute approximate surface area is 384 Å².